The molecule has 0 aromatic carbocycles. The summed E-state index contributed by atoms with van der Waals surface area (Å²) in [6, 6.07) is 0. The van der Waals surface area contributed by atoms with Gasteiger partial charge in [0, 0.05) is 25.5 Å². The molecular formula is C12H18ClN3. The maximum Gasteiger partial charge on any atom is 0.171 e. The predicted molar refractivity (Wildman–Crippen MR) is 66.9 cm³/mol. The summed E-state index contributed by atoms with van der Waals surface area (Å²) in [5.74, 6) is 0.835. The minimum atomic E-state index is 0.434. The van der Waals surface area contributed by atoms with Crippen LogP contribution in [0.15, 0.2) is 12.4 Å². The van der Waals surface area contributed by atoms with Gasteiger partial charge < -0.3 is 4.90 Å². The lowest BCUT2D eigenvalue weighted by molar-refractivity contribution is 0.325. The number of nitrogens with zero attached hydrogens (tertiary/aromatic N) is 3. The first-order valence-corrected chi connectivity index (χ1v) is 6.18. The molecule has 0 amide bonds. The molecule has 16 heavy (non-hydrogen) atoms. The van der Waals surface area contributed by atoms with Crippen LogP contribution in [0.5, 0.6) is 0 Å². The van der Waals surface area contributed by atoms with Gasteiger partial charge in [-0.25, -0.2) is 9.97 Å². The van der Waals surface area contributed by atoms with Gasteiger partial charge in [-0.2, -0.15) is 0 Å². The molecule has 0 radical (unpaired) electrons. The average molecular weight is 240 g/mol. The second kappa shape index (κ2) is 4.58. The van der Waals surface area contributed by atoms with Crippen LogP contribution in [-0.4, -0.2) is 23.1 Å². The fraction of sp³-hybridized carbons (Fsp3) is 0.667. The molecule has 1 aliphatic rings. The van der Waals surface area contributed by atoms with Gasteiger partial charge in [-0.15, -0.1) is 0 Å². The second-order valence-corrected chi connectivity index (χ2v) is 5.53. The normalized spacial score (nSPS) is 20.6. The Labute approximate surface area is 102 Å². The molecule has 1 aliphatic heterocycles. The number of hydrogen-bond donors (Lipinski definition) is 0. The molecular weight excluding hydrogens is 222 g/mol. The van der Waals surface area contributed by atoms with E-state index in [-0.39, 0.29) is 0 Å². The summed E-state index contributed by atoms with van der Waals surface area (Å²) in [4.78, 5) is 10.7. The van der Waals surface area contributed by atoms with Gasteiger partial charge in [0.15, 0.2) is 11.0 Å². The monoisotopic (exact) mass is 239 g/mol. The number of aromatic nitrogens is 2. The van der Waals surface area contributed by atoms with Crippen molar-refractivity contribution in [3.8, 4) is 0 Å². The number of anilines is 1. The van der Waals surface area contributed by atoms with Gasteiger partial charge in [0.05, 0.1) is 0 Å². The molecule has 1 fully saturated rings. The summed E-state index contributed by atoms with van der Waals surface area (Å²) in [5.41, 5.74) is 0.434. The quantitative estimate of drug-likeness (QED) is 0.754. The maximum absolute atomic E-state index is 6.07. The third-order valence-corrected chi connectivity index (χ3v) is 3.54. The summed E-state index contributed by atoms with van der Waals surface area (Å²) in [6.45, 7) is 6.71. The van der Waals surface area contributed by atoms with Crippen molar-refractivity contribution < 1.29 is 0 Å². The lowest BCUT2D eigenvalue weighted by Gasteiger charge is -2.24. The van der Waals surface area contributed by atoms with Crippen LogP contribution in [0.4, 0.5) is 5.82 Å². The van der Waals surface area contributed by atoms with Gasteiger partial charge in [0.1, 0.15) is 0 Å². The van der Waals surface area contributed by atoms with Gasteiger partial charge in [0.2, 0.25) is 0 Å². The van der Waals surface area contributed by atoms with Crippen molar-refractivity contribution in [3.63, 3.8) is 0 Å². The minimum absolute atomic E-state index is 0.434. The molecule has 2 rings (SSSR count). The molecule has 1 aromatic rings. The highest BCUT2D eigenvalue weighted by atomic mass is 35.5. The summed E-state index contributed by atoms with van der Waals surface area (Å²) in [5, 5.41) is 0.516. The Morgan fingerprint density at radius 1 is 1.19 bits per heavy atom. The van der Waals surface area contributed by atoms with Gasteiger partial charge in [-0.1, -0.05) is 25.4 Å². The smallest absolute Gasteiger partial charge is 0.171 e. The van der Waals surface area contributed by atoms with Crippen molar-refractivity contribution in [2.75, 3.05) is 18.0 Å². The molecule has 2 heterocycles. The van der Waals surface area contributed by atoms with Gasteiger partial charge in [-0.3, -0.25) is 0 Å². The molecule has 4 heteroatoms. The standard InChI is InChI=1S/C12H18ClN3/c1-12(2)4-3-8-16(9-5-12)11-10(13)14-6-7-15-11/h6-7H,3-5,8-9H2,1-2H3. The van der Waals surface area contributed by atoms with Crippen molar-refractivity contribution in [2.45, 2.75) is 33.1 Å². The van der Waals surface area contributed by atoms with Crippen molar-refractivity contribution in [2.24, 2.45) is 5.41 Å². The van der Waals surface area contributed by atoms with Crippen molar-refractivity contribution in [1.29, 1.82) is 0 Å². The van der Waals surface area contributed by atoms with Crippen LogP contribution in [0.1, 0.15) is 33.1 Å². The zero-order chi connectivity index (χ0) is 11.6. The maximum atomic E-state index is 6.07. The Kier molecular flexibility index (Phi) is 3.33. The van der Waals surface area contributed by atoms with Crippen molar-refractivity contribution >= 4 is 17.4 Å². The van der Waals surface area contributed by atoms with E-state index in [2.05, 4.69) is 28.7 Å². The molecule has 3 nitrogen and oxygen atoms in total. The van der Waals surface area contributed by atoms with Gasteiger partial charge in [-0.05, 0) is 24.7 Å². The molecule has 88 valence electrons. The molecule has 0 bridgehead atoms. The fourth-order valence-electron chi connectivity index (χ4n) is 2.16. The van der Waals surface area contributed by atoms with Crippen LogP contribution < -0.4 is 4.90 Å². The Balaban J connectivity index is 2.14. The lowest BCUT2D eigenvalue weighted by Crippen LogP contribution is -2.26. The fourth-order valence-corrected chi connectivity index (χ4v) is 2.39. The van der Waals surface area contributed by atoms with Gasteiger partial charge >= 0.3 is 0 Å². The molecule has 1 aromatic heterocycles. The predicted octanol–water partition coefficient (Wildman–Crippen LogP) is 3.15. The van der Waals surface area contributed by atoms with E-state index in [0.29, 0.717) is 10.6 Å². The van der Waals surface area contributed by atoms with Crippen LogP contribution in [0.2, 0.25) is 5.15 Å². The first kappa shape index (κ1) is 11.6. The number of halogens is 1. The number of hydrogen-bond acceptors (Lipinski definition) is 3. The number of rotatable bonds is 1. The molecule has 1 saturated heterocycles. The van der Waals surface area contributed by atoms with Crippen LogP contribution in [-0.2, 0) is 0 Å². The van der Waals surface area contributed by atoms with E-state index in [1.807, 2.05) is 0 Å². The molecule has 0 N–H and O–H groups in total. The molecule has 0 unspecified atom stereocenters. The topological polar surface area (TPSA) is 29.0 Å². The largest absolute Gasteiger partial charge is 0.354 e. The first-order chi connectivity index (χ1) is 7.58. The third-order valence-electron chi connectivity index (χ3n) is 3.28. The lowest BCUT2D eigenvalue weighted by atomic mass is 9.85. The summed E-state index contributed by atoms with van der Waals surface area (Å²) in [6.07, 6.45) is 6.98. The van der Waals surface area contributed by atoms with E-state index >= 15 is 0 Å². The average Bonchev–Trinajstić information content (AvgIpc) is 2.40. The summed E-state index contributed by atoms with van der Waals surface area (Å²) in [7, 11) is 0. The van der Waals surface area contributed by atoms with Crippen LogP contribution >= 0.6 is 11.6 Å². The highest BCUT2D eigenvalue weighted by molar-refractivity contribution is 6.31. The van der Waals surface area contributed by atoms with E-state index in [0.717, 1.165) is 18.9 Å². The Bertz CT molecular complexity index is 365. The van der Waals surface area contributed by atoms with Crippen molar-refractivity contribution in [1.82, 2.24) is 9.97 Å². The minimum Gasteiger partial charge on any atom is -0.354 e. The van der Waals surface area contributed by atoms with E-state index in [9.17, 15) is 0 Å². The zero-order valence-corrected chi connectivity index (χ0v) is 10.7. The summed E-state index contributed by atoms with van der Waals surface area (Å²) < 4.78 is 0. The SMILES string of the molecule is CC1(C)CCCN(c2nccnc2Cl)CC1. The van der Waals surface area contributed by atoms with Crippen LogP contribution in [0, 0.1) is 5.41 Å². The zero-order valence-electron chi connectivity index (χ0n) is 9.91. The van der Waals surface area contributed by atoms with E-state index < -0.39 is 0 Å². The second-order valence-electron chi connectivity index (χ2n) is 5.18. The Morgan fingerprint density at radius 2 is 1.94 bits per heavy atom. The third kappa shape index (κ3) is 2.64. The van der Waals surface area contributed by atoms with Gasteiger partial charge in [0.25, 0.3) is 0 Å². The van der Waals surface area contributed by atoms with Crippen LogP contribution in [0.25, 0.3) is 0 Å². The first-order valence-electron chi connectivity index (χ1n) is 5.80. The summed E-state index contributed by atoms with van der Waals surface area (Å²) >= 11 is 6.07. The van der Waals surface area contributed by atoms with Crippen molar-refractivity contribution in [3.05, 3.63) is 17.5 Å². The van der Waals surface area contributed by atoms with E-state index in [4.69, 9.17) is 11.6 Å². The molecule has 0 saturated carbocycles. The molecule has 0 atom stereocenters. The highest BCUT2D eigenvalue weighted by Crippen LogP contribution is 2.32. The Hall–Kier alpha value is -0.830. The van der Waals surface area contributed by atoms with E-state index in [1.54, 1.807) is 12.4 Å². The molecule has 0 aliphatic carbocycles. The van der Waals surface area contributed by atoms with E-state index in [1.165, 1.54) is 19.3 Å². The Morgan fingerprint density at radius 3 is 2.69 bits per heavy atom. The van der Waals surface area contributed by atoms with Crippen LogP contribution in [0.3, 0.4) is 0 Å². The highest BCUT2D eigenvalue weighted by Gasteiger charge is 2.24. The molecule has 0 spiro atoms.